The van der Waals surface area contributed by atoms with Crippen molar-refractivity contribution in [3.05, 3.63) is 59.2 Å². The van der Waals surface area contributed by atoms with Crippen LogP contribution < -0.4 is 5.32 Å². The minimum Gasteiger partial charge on any atom is -0.478 e. The smallest absolute Gasteiger partial charge is 0.339 e. The summed E-state index contributed by atoms with van der Waals surface area (Å²) in [6.07, 6.45) is 3.59. The molecule has 0 atom stereocenters. The maximum Gasteiger partial charge on any atom is 0.339 e. The third-order valence-electron chi connectivity index (χ3n) is 2.99. The first-order valence-corrected chi connectivity index (χ1v) is 6.45. The van der Waals surface area contributed by atoms with Crippen molar-refractivity contribution in [1.29, 1.82) is 0 Å². The van der Waals surface area contributed by atoms with Crippen LogP contribution in [0.2, 0.25) is 0 Å². The number of benzene rings is 1. The van der Waals surface area contributed by atoms with Crippen molar-refractivity contribution in [2.75, 3.05) is 6.54 Å². The van der Waals surface area contributed by atoms with E-state index in [1.165, 1.54) is 23.7 Å². The van der Waals surface area contributed by atoms with E-state index in [1.54, 1.807) is 0 Å². The van der Waals surface area contributed by atoms with Gasteiger partial charge in [-0.1, -0.05) is 29.8 Å². The van der Waals surface area contributed by atoms with Crippen LogP contribution in [0.3, 0.4) is 0 Å². The molecule has 2 rings (SSSR count). The maximum atomic E-state index is 11.0. The molecule has 1 aromatic heterocycles. The Labute approximate surface area is 117 Å². The predicted octanol–water partition coefficient (Wildman–Crippen LogP) is 1.82. The highest BCUT2D eigenvalue weighted by atomic mass is 16.4. The third kappa shape index (κ3) is 3.86. The fourth-order valence-corrected chi connectivity index (χ4v) is 1.98. The Hall–Kier alpha value is -2.27. The molecule has 0 amide bonds. The summed E-state index contributed by atoms with van der Waals surface area (Å²) >= 11 is 0. The summed E-state index contributed by atoms with van der Waals surface area (Å²) in [4.78, 5) is 18.7. The predicted molar refractivity (Wildman–Crippen MR) is 75.6 cm³/mol. The van der Waals surface area contributed by atoms with Crippen LogP contribution in [-0.2, 0) is 13.0 Å². The molecule has 0 saturated carbocycles. The minimum atomic E-state index is -0.999. The average molecular weight is 271 g/mol. The lowest BCUT2D eigenvalue weighted by Gasteiger charge is -2.07. The van der Waals surface area contributed by atoms with Crippen molar-refractivity contribution in [3.63, 3.8) is 0 Å². The zero-order valence-electron chi connectivity index (χ0n) is 11.3. The number of carboxylic acids is 1. The van der Waals surface area contributed by atoms with Gasteiger partial charge in [0.05, 0.1) is 5.69 Å². The summed E-state index contributed by atoms with van der Waals surface area (Å²) in [5.41, 5.74) is 3.16. The van der Waals surface area contributed by atoms with E-state index in [1.807, 2.05) is 6.07 Å². The van der Waals surface area contributed by atoms with Gasteiger partial charge in [-0.2, -0.15) is 0 Å². The first-order valence-electron chi connectivity index (χ1n) is 6.45. The highest BCUT2D eigenvalue weighted by Gasteiger charge is 2.10. The van der Waals surface area contributed by atoms with E-state index in [0.717, 1.165) is 13.0 Å². The molecule has 0 saturated heterocycles. The number of aryl methyl sites for hydroxylation is 1. The maximum absolute atomic E-state index is 11.0. The van der Waals surface area contributed by atoms with Gasteiger partial charge < -0.3 is 10.4 Å². The van der Waals surface area contributed by atoms with Gasteiger partial charge in [-0.15, -0.1) is 0 Å². The number of carboxylic acid groups (broad SMARTS) is 1. The van der Waals surface area contributed by atoms with Crippen LogP contribution >= 0.6 is 0 Å². The fraction of sp³-hybridized carbons (Fsp3) is 0.267. The molecule has 5 nitrogen and oxygen atoms in total. The Morgan fingerprint density at radius 1 is 1.40 bits per heavy atom. The second-order valence-electron chi connectivity index (χ2n) is 4.60. The number of nitrogens with one attached hydrogen (secondary N) is 1. The molecule has 0 spiro atoms. The number of carbonyl (C=O) groups is 1. The molecule has 0 aliphatic carbocycles. The highest BCUT2D eigenvalue weighted by Crippen LogP contribution is 2.05. The van der Waals surface area contributed by atoms with Crippen LogP contribution in [0, 0.1) is 6.92 Å². The molecule has 20 heavy (non-hydrogen) atoms. The minimum absolute atomic E-state index is 0.149. The van der Waals surface area contributed by atoms with Gasteiger partial charge in [-0.05, 0) is 25.5 Å². The van der Waals surface area contributed by atoms with Gasteiger partial charge in [0.1, 0.15) is 11.9 Å². The zero-order valence-corrected chi connectivity index (χ0v) is 11.3. The lowest BCUT2D eigenvalue weighted by molar-refractivity contribution is 0.0694. The lowest BCUT2D eigenvalue weighted by Crippen LogP contribution is -2.19. The van der Waals surface area contributed by atoms with Crippen molar-refractivity contribution in [1.82, 2.24) is 15.3 Å². The van der Waals surface area contributed by atoms with Gasteiger partial charge in [0.15, 0.2) is 0 Å². The molecule has 1 heterocycles. The van der Waals surface area contributed by atoms with E-state index >= 15 is 0 Å². The fourth-order valence-electron chi connectivity index (χ4n) is 1.98. The molecule has 5 heteroatoms. The Bertz CT molecular complexity index is 599. The average Bonchev–Trinajstić information content (AvgIpc) is 2.44. The molecule has 1 aromatic carbocycles. The standard InChI is InChI=1S/C15H17N3O2/c1-11-3-2-4-12(7-11)5-6-16-9-14-13(15(19)20)8-17-10-18-14/h2-4,7-8,10,16H,5-6,9H2,1H3,(H,19,20). The Balaban J connectivity index is 1.86. The zero-order chi connectivity index (χ0) is 14.4. The summed E-state index contributed by atoms with van der Waals surface area (Å²) in [7, 11) is 0. The summed E-state index contributed by atoms with van der Waals surface area (Å²) < 4.78 is 0. The molecule has 0 unspecified atom stereocenters. The van der Waals surface area contributed by atoms with Crippen LogP contribution in [-0.4, -0.2) is 27.6 Å². The molecule has 0 bridgehead atoms. The Kier molecular flexibility index (Phi) is 4.79. The van der Waals surface area contributed by atoms with Crippen LogP contribution in [0.5, 0.6) is 0 Å². The molecule has 0 fully saturated rings. The summed E-state index contributed by atoms with van der Waals surface area (Å²) in [5, 5.41) is 12.2. The van der Waals surface area contributed by atoms with Gasteiger partial charge >= 0.3 is 5.97 Å². The second-order valence-corrected chi connectivity index (χ2v) is 4.60. The summed E-state index contributed by atoms with van der Waals surface area (Å²) in [6.45, 7) is 3.26. The molecule has 0 aliphatic rings. The van der Waals surface area contributed by atoms with Crippen molar-refractivity contribution in [3.8, 4) is 0 Å². The molecular weight excluding hydrogens is 254 g/mol. The number of aromatic carboxylic acids is 1. The first-order chi connectivity index (χ1) is 9.66. The Morgan fingerprint density at radius 2 is 2.25 bits per heavy atom. The lowest BCUT2D eigenvalue weighted by atomic mass is 10.1. The third-order valence-corrected chi connectivity index (χ3v) is 2.99. The number of hydrogen-bond donors (Lipinski definition) is 2. The number of hydrogen-bond acceptors (Lipinski definition) is 4. The van der Waals surface area contributed by atoms with Crippen LogP contribution in [0.4, 0.5) is 0 Å². The summed E-state index contributed by atoms with van der Waals surface area (Å²) in [6, 6.07) is 8.34. The van der Waals surface area contributed by atoms with Crippen molar-refractivity contribution >= 4 is 5.97 Å². The molecular formula is C15H17N3O2. The number of nitrogens with zero attached hydrogens (tertiary/aromatic N) is 2. The van der Waals surface area contributed by atoms with E-state index < -0.39 is 5.97 Å². The van der Waals surface area contributed by atoms with Gasteiger partial charge in [0, 0.05) is 12.7 Å². The molecule has 2 N–H and O–H groups in total. The molecule has 104 valence electrons. The van der Waals surface area contributed by atoms with Crippen molar-refractivity contribution in [2.45, 2.75) is 19.9 Å². The number of rotatable bonds is 6. The number of aromatic nitrogens is 2. The van der Waals surface area contributed by atoms with Gasteiger partial charge in [0.2, 0.25) is 0 Å². The molecule has 2 aromatic rings. The van der Waals surface area contributed by atoms with E-state index in [2.05, 4.69) is 40.4 Å². The largest absolute Gasteiger partial charge is 0.478 e. The first kappa shape index (κ1) is 14.1. The van der Waals surface area contributed by atoms with E-state index in [0.29, 0.717) is 12.2 Å². The normalized spacial score (nSPS) is 10.4. The monoisotopic (exact) mass is 271 g/mol. The summed E-state index contributed by atoms with van der Waals surface area (Å²) in [5.74, 6) is -0.999. The van der Waals surface area contributed by atoms with E-state index in [9.17, 15) is 4.79 Å². The Morgan fingerprint density at radius 3 is 3.00 bits per heavy atom. The highest BCUT2D eigenvalue weighted by molar-refractivity contribution is 5.88. The van der Waals surface area contributed by atoms with Crippen molar-refractivity contribution < 1.29 is 9.90 Å². The molecule has 0 radical (unpaired) electrons. The van der Waals surface area contributed by atoms with Gasteiger partial charge in [-0.3, -0.25) is 0 Å². The quantitative estimate of drug-likeness (QED) is 0.784. The van der Waals surface area contributed by atoms with Gasteiger partial charge in [0.25, 0.3) is 0 Å². The van der Waals surface area contributed by atoms with E-state index in [4.69, 9.17) is 5.11 Å². The van der Waals surface area contributed by atoms with Crippen LogP contribution in [0.15, 0.2) is 36.8 Å². The van der Waals surface area contributed by atoms with Crippen molar-refractivity contribution in [2.24, 2.45) is 0 Å². The second kappa shape index (κ2) is 6.77. The van der Waals surface area contributed by atoms with Crippen LogP contribution in [0.25, 0.3) is 0 Å². The van der Waals surface area contributed by atoms with Crippen LogP contribution in [0.1, 0.15) is 27.2 Å². The van der Waals surface area contributed by atoms with Gasteiger partial charge in [-0.25, -0.2) is 14.8 Å². The molecule has 0 aliphatic heterocycles. The SMILES string of the molecule is Cc1cccc(CCNCc2ncncc2C(=O)O)c1. The van der Waals surface area contributed by atoms with E-state index in [-0.39, 0.29) is 5.56 Å². The topological polar surface area (TPSA) is 75.1 Å².